The molecule has 31 heavy (non-hydrogen) atoms. The lowest BCUT2D eigenvalue weighted by Crippen LogP contribution is -2.30. The number of anilines is 1. The predicted molar refractivity (Wildman–Crippen MR) is 116 cm³/mol. The van der Waals surface area contributed by atoms with Crippen LogP contribution in [0, 0.1) is 6.92 Å². The van der Waals surface area contributed by atoms with Crippen molar-refractivity contribution in [2.75, 3.05) is 5.32 Å². The molecule has 0 spiro atoms. The lowest BCUT2D eigenvalue weighted by Gasteiger charge is -2.15. The molecule has 1 N–H and O–H groups in total. The first-order valence-corrected chi connectivity index (χ1v) is 9.86. The van der Waals surface area contributed by atoms with Crippen LogP contribution in [0.1, 0.15) is 47.2 Å². The van der Waals surface area contributed by atoms with Crippen molar-refractivity contribution in [1.82, 2.24) is 9.55 Å². The van der Waals surface area contributed by atoms with Crippen LogP contribution in [0.2, 0.25) is 0 Å². The highest BCUT2D eigenvalue weighted by Gasteiger charge is 2.21. The molecule has 1 amide bonds. The van der Waals surface area contributed by atoms with Crippen LogP contribution in [0.15, 0.2) is 47.3 Å². The number of amides is 1. The number of aromatic nitrogens is 2. The Kier molecular flexibility index (Phi) is 6.29. The topological polar surface area (TPSA) is 107 Å². The first kappa shape index (κ1) is 21.9. The maximum atomic E-state index is 12.6. The summed E-state index contributed by atoms with van der Waals surface area (Å²) in [6, 6.07) is 11.3. The van der Waals surface area contributed by atoms with Crippen LogP contribution < -0.4 is 10.9 Å². The molecule has 0 fully saturated rings. The maximum Gasteiger partial charge on any atom is 0.338 e. The number of fused-ring (bicyclic) bond motifs is 1. The van der Waals surface area contributed by atoms with Gasteiger partial charge in [0.05, 0.1) is 22.3 Å². The summed E-state index contributed by atoms with van der Waals surface area (Å²) in [6.07, 6.45) is -1.09. The molecule has 0 bridgehead atoms. The van der Waals surface area contributed by atoms with Crippen molar-refractivity contribution in [1.29, 1.82) is 0 Å². The van der Waals surface area contributed by atoms with Crippen molar-refractivity contribution in [3.63, 3.8) is 0 Å². The Hall–Kier alpha value is -3.81. The van der Waals surface area contributed by atoms with Crippen molar-refractivity contribution in [3.8, 4) is 0 Å². The number of hydrogen-bond acceptors (Lipinski definition) is 6. The number of carbonyl (C=O) groups excluding carboxylic acids is 3. The zero-order valence-corrected chi connectivity index (χ0v) is 17.8. The van der Waals surface area contributed by atoms with E-state index in [0.29, 0.717) is 34.5 Å². The molecule has 8 heteroatoms. The molecule has 0 saturated carbocycles. The Balaban J connectivity index is 1.79. The molecule has 0 aliphatic heterocycles. The summed E-state index contributed by atoms with van der Waals surface area (Å²) in [5.41, 5.74) is 2.18. The van der Waals surface area contributed by atoms with Gasteiger partial charge in [-0.15, -0.1) is 0 Å². The molecule has 0 aliphatic rings. The van der Waals surface area contributed by atoms with Crippen molar-refractivity contribution in [3.05, 3.63) is 69.6 Å². The summed E-state index contributed by atoms with van der Waals surface area (Å²) in [6.45, 7) is 6.79. The van der Waals surface area contributed by atoms with E-state index in [1.165, 1.54) is 26.0 Å². The maximum absolute atomic E-state index is 12.6. The highest BCUT2D eigenvalue weighted by atomic mass is 16.5. The highest BCUT2D eigenvalue weighted by Crippen LogP contribution is 2.18. The number of Topliss-reactive ketones (excluding diaryl/α,β-unsaturated/α-hetero) is 1. The molecule has 160 valence electrons. The summed E-state index contributed by atoms with van der Waals surface area (Å²) in [5.74, 6) is -1.44. The summed E-state index contributed by atoms with van der Waals surface area (Å²) in [4.78, 5) is 53.3. The van der Waals surface area contributed by atoms with E-state index in [2.05, 4.69) is 10.3 Å². The summed E-state index contributed by atoms with van der Waals surface area (Å²) in [7, 11) is 0. The Labute approximate surface area is 178 Å². The van der Waals surface area contributed by atoms with E-state index in [1.807, 2.05) is 6.92 Å². The first-order chi connectivity index (χ1) is 14.7. The fraction of sp³-hybridized carbons (Fsp3) is 0.261. The number of nitrogens with zero attached hydrogens (tertiary/aromatic N) is 2. The first-order valence-electron chi connectivity index (χ1n) is 9.86. The molecule has 3 rings (SSSR count). The van der Waals surface area contributed by atoms with Crippen molar-refractivity contribution >= 4 is 34.4 Å². The van der Waals surface area contributed by atoms with Gasteiger partial charge < -0.3 is 14.6 Å². The molecule has 0 unspecified atom stereocenters. The number of hydrogen-bond donors (Lipinski definition) is 1. The number of carbonyl (C=O) groups is 3. The molecule has 0 radical (unpaired) electrons. The van der Waals surface area contributed by atoms with Gasteiger partial charge in [-0.3, -0.25) is 14.4 Å². The predicted octanol–water partition coefficient (Wildman–Crippen LogP) is 3.11. The molecule has 3 aromatic rings. The third-order valence-corrected chi connectivity index (χ3v) is 4.88. The summed E-state index contributed by atoms with van der Waals surface area (Å²) >= 11 is 0. The zero-order valence-electron chi connectivity index (χ0n) is 17.8. The second-order valence-electron chi connectivity index (χ2n) is 7.09. The zero-order chi connectivity index (χ0) is 22.7. The smallest absolute Gasteiger partial charge is 0.338 e. The van der Waals surface area contributed by atoms with E-state index in [9.17, 15) is 19.2 Å². The van der Waals surface area contributed by atoms with E-state index in [0.717, 1.165) is 0 Å². The van der Waals surface area contributed by atoms with E-state index in [4.69, 9.17) is 4.74 Å². The summed E-state index contributed by atoms with van der Waals surface area (Å²) in [5, 5.41) is 2.62. The minimum absolute atomic E-state index is 0.179. The average Bonchev–Trinajstić information content (AvgIpc) is 2.74. The average molecular weight is 421 g/mol. The number of aryl methyl sites for hydroxylation is 2. The highest BCUT2D eigenvalue weighted by molar-refractivity contribution is 6.05. The van der Waals surface area contributed by atoms with Crippen LogP contribution in [0.25, 0.3) is 11.0 Å². The Morgan fingerprint density at radius 2 is 1.87 bits per heavy atom. The Morgan fingerprint density at radius 1 is 1.16 bits per heavy atom. The molecule has 0 saturated heterocycles. The second-order valence-corrected chi connectivity index (χ2v) is 7.09. The molecule has 2 aromatic carbocycles. The van der Waals surface area contributed by atoms with E-state index in [1.54, 1.807) is 41.8 Å². The molecule has 8 nitrogen and oxygen atoms in total. The van der Waals surface area contributed by atoms with Gasteiger partial charge in [0.15, 0.2) is 11.9 Å². The van der Waals surface area contributed by atoms with Gasteiger partial charge in [0.2, 0.25) is 0 Å². The van der Waals surface area contributed by atoms with Crippen LogP contribution in [0.5, 0.6) is 0 Å². The van der Waals surface area contributed by atoms with Crippen LogP contribution in [-0.4, -0.2) is 33.3 Å². The SMILES string of the molecule is CCn1c(=O)c(C)nc2cc(C(=O)O[C@@H](C)C(=O)Nc3ccccc3C(C)=O)ccc21. The fourth-order valence-corrected chi connectivity index (χ4v) is 3.23. The van der Waals surface area contributed by atoms with Crippen LogP contribution in [0.4, 0.5) is 5.69 Å². The number of ketones is 1. The normalized spacial score (nSPS) is 11.7. The Bertz CT molecular complexity index is 1250. The fourth-order valence-electron chi connectivity index (χ4n) is 3.23. The molecule has 1 atom stereocenters. The van der Waals surface area contributed by atoms with Gasteiger partial charge in [-0.25, -0.2) is 9.78 Å². The lowest BCUT2D eigenvalue weighted by molar-refractivity contribution is -0.123. The molecule has 0 aliphatic carbocycles. The van der Waals surface area contributed by atoms with E-state index in [-0.39, 0.29) is 16.9 Å². The minimum Gasteiger partial charge on any atom is -0.449 e. The monoisotopic (exact) mass is 421 g/mol. The van der Waals surface area contributed by atoms with E-state index < -0.39 is 18.0 Å². The molecule has 1 heterocycles. The van der Waals surface area contributed by atoms with Gasteiger partial charge >= 0.3 is 5.97 Å². The molecular weight excluding hydrogens is 398 g/mol. The van der Waals surface area contributed by atoms with Crippen LogP contribution in [0.3, 0.4) is 0 Å². The Morgan fingerprint density at radius 3 is 2.55 bits per heavy atom. The van der Waals surface area contributed by atoms with Gasteiger partial charge in [0, 0.05) is 12.1 Å². The van der Waals surface area contributed by atoms with Crippen LogP contribution >= 0.6 is 0 Å². The lowest BCUT2D eigenvalue weighted by atomic mass is 10.1. The number of para-hydroxylation sites is 1. The number of nitrogens with one attached hydrogen (secondary N) is 1. The van der Waals surface area contributed by atoms with Crippen molar-refractivity contribution in [2.24, 2.45) is 0 Å². The third-order valence-electron chi connectivity index (χ3n) is 4.88. The largest absolute Gasteiger partial charge is 0.449 e. The number of benzene rings is 2. The second kappa shape index (κ2) is 8.91. The van der Waals surface area contributed by atoms with Gasteiger partial charge in [-0.1, -0.05) is 12.1 Å². The van der Waals surface area contributed by atoms with Gasteiger partial charge in [-0.2, -0.15) is 0 Å². The van der Waals surface area contributed by atoms with Crippen molar-refractivity contribution < 1.29 is 19.1 Å². The number of ether oxygens (including phenoxy) is 1. The van der Waals surface area contributed by atoms with Gasteiger partial charge in [0.1, 0.15) is 5.69 Å². The number of esters is 1. The van der Waals surface area contributed by atoms with Gasteiger partial charge in [0.25, 0.3) is 11.5 Å². The van der Waals surface area contributed by atoms with Crippen LogP contribution in [-0.2, 0) is 16.1 Å². The minimum atomic E-state index is -1.09. The van der Waals surface area contributed by atoms with E-state index >= 15 is 0 Å². The molecular formula is C23H23N3O5. The van der Waals surface area contributed by atoms with Crippen molar-refractivity contribution in [2.45, 2.75) is 40.3 Å². The quantitative estimate of drug-likeness (QED) is 0.484. The van der Waals surface area contributed by atoms with Gasteiger partial charge in [-0.05, 0) is 58.0 Å². The third kappa shape index (κ3) is 4.53. The standard InChI is InChI=1S/C23H23N3O5/c1-5-26-20-11-10-16(12-19(20)24-13(2)22(26)29)23(30)31-15(4)21(28)25-18-9-7-6-8-17(18)14(3)27/h6-12,15H,5H2,1-4H3,(H,25,28)/t15-/m0/s1. The summed E-state index contributed by atoms with van der Waals surface area (Å²) < 4.78 is 6.88. The molecule has 1 aromatic heterocycles. The number of rotatable bonds is 6.